The summed E-state index contributed by atoms with van der Waals surface area (Å²) in [6.45, 7) is 1.48. The summed E-state index contributed by atoms with van der Waals surface area (Å²) in [4.78, 5) is 8.19. The third-order valence-corrected chi connectivity index (χ3v) is 4.80. The highest BCUT2D eigenvalue weighted by molar-refractivity contribution is 7.98. The number of benzene rings is 1. The Bertz CT molecular complexity index is 880. The average Bonchev–Trinajstić information content (AvgIpc) is 2.55. The lowest BCUT2D eigenvalue weighted by Crippen LogP contribution is -2.22. The second-order valence-electron chi connectivity index (χ2n) is 5.57. The number of aliphatic hydroxyl groups is 1. The van der Waals surface area contributed by atoms with Gasteiger partial charge in [0.15, 0.2) is 16.7 Å². The van der Waals surface area contributed by atoms with Crippen LogP contribution in [0.25, 0.3) is 0 Å². The molecule has 1 aromatic carbocycles. The second kappa shape index (κ2) is 8.76. The number of aromatic nitrogens is 2. The second-order valence-corrected chi connectivity index (χ2v) is 8.70. The molecule has 0 amide bonds. The van der Waals surface area contributed by atoms with Crippen molar-refractivity contribution < 1.29 is 18.6 Å². The molecule has 0 fully saturated rings. The molecule has 4 N–H and O–H groups in total. The maximum Gasteiger partial charge on any atom is 0.242 e. The van der Waals surface area contributed by atoms with Gasteiger partial charge in [-0.1, -0.05) is 35.5 Å². The van der Waals surface area contributed by atoms with Crippen LogP contribution in [0.4, 0.5) is 11.5 Å². The molecule has 1 aromatic heterocycles. The van der Waals surface area contributed by atoms with Crippen LogP contribution in [0.2, 0.25) is 5.02 Å². The number of halogens is 1. The Labute approximate surface area is 161 Å². The molecule has 2 aromatic rings. The van der Waals surface area contributed by atoms with Crippen molar-refractivity contribution in [2.24, 2.45) is 0 Å². The van der Waals surface area contributed by atoms with E-state index in [1.807, 2.05) is 12.1 Å². The van der Waals surface area contributed by atoms with Crippen LogP contribution in [0.3, 0.4) is 0 Å². The smallest absolute Gasteiger partial charge is 0.242 e. The van der Waals surface area contributed by atoms with Gasteiger partial charge in [-0.05, 0) is 24.6 Å². The number of sulfonamides is 1. The first-order chi connectivity index (χ1) is 12.2. The lowest BCUT2D eigenvalue weighted by Gasteiger charge is -2.17. The molecule has 142 valence electrons. The van der Waals surface area contributed by atoms with Gasteiger partial charge in [-0.2, -0.15) is 4.98 Å². The summed E-state index contributed by atoms with van der Waals surface area (Å²) in [5.41, 5.74) is 0.780. The van der Waals surface area contributed by atoms with E-state index in [4.69, 9.17) is 11.6 Å². The Balaban J connectivity index is 2.29. The van der Waals surface area contributed by atoms with Crippen LogP contribution < -0.4 is 10.0 Å². The Morgan fingerprint density at radius 2 is 2.08 bits per heavy atom. The molecular formula is C15H19ClN4O4S2. The fourth-order valence-corrected chi connectivity index (χ4v) is 3.48. The molecule has 11 heteroatoms. The number of aromatic hydroxyl groups is 1. The number of anilines is 2. The minimum Gasteiger partial charge on any atom is -0.492 e. The van der Waals surface area contributed by atoms with Crippen LogP contribution in [0.15, 0.2) is 29.4 Å². The van der Waals surface area contributed by atoms with Crippen molar-refractivity contribution in [2.75, 3.05) is 22.9 Å². The fraction of sp³-hybridized carbons (Fsp3) is 0.333. The van der Waals surface area contributed by atoms with Crippen molar-refractivity contribution in [2.45, 2.75) is 23.9 Å². The Morgan fingerprint density at radius 3 is 2.69 bits per heavy atom. The first kappa shape index (κ1) is 20.6. The number of rotatable bonds is 8. The minimum atomic E-state index is -3.65. The molecule has 0 spiro atoms. The molecule has 0 bridgehead atoms. The number of nitrogens with zero attached hydrogens (tertiary/aromatic N) is 2. The first-order valence-corrected chi connectivity index (χ1v) is 10.8. The van der Waals surface area contributed by atoms with Gasteiger partial charge in [0.1, 0.15) is 0 Å². The summed E-state index contributed by atoms with van der Waals surface area (Å²) in [6.07, 6.45) is 0.952. The van der Waals surface area contributed by atoms with Gasteiger partial charge in [-0.25, -0.2) is 13.4 Å². The summed E-state index contributed by atoms with van der Waals surface area (Å²) in [6, 6.07) is 6.88. The quantitative estimate of drug-likeness (QED) is 0.380. The number of thioether (sulfide) groups is 1. The zero-order chi connectivity index (χ0) is 19.3. The molecule has 26 heavy (non-hydrogen) atoms. The van der Waals surface area contributed by atoms with Gasteiger partial charge in [0.05, 0.1) is 12.9 Å². The van der Waals surface area contributed by atoms with Gasteiger partial charge in [0.25, 0.3) is 0 Å². The summed E-state index contributed by atoms with van der Waals surface area (Å²) < 4.78 is 25.2. The number of hydrogen-bond acceptors (Lipinski definition) is 8. The molecule has 0 saturated heterocycles. The highest BCUT2D eigenvalue weighted by Gasteiger charge is 2.19. The zero-order valence-electron chi connectivity index (χ0n) is 14.1. The van der Waals surface area contributed by atoms with Crippen LogP contribution in [0, 0.1) is 0 Å². The SMILES string of the molecule is C[C@H](CO)Nc1nc(SCc2cccc(Cl)c2)nc(O)c1NS(C)(=O)=O. The normalized spacial score (nSPS) is 12.6. The lowest BCUT2D eigenvalue weighted by molar-refractivity contribution is 0.281. The Hall–Kier alpha value is -1.75. The average molecular weight is 419 g/mol. The van der Waals surface area contributed by atoms with Crippen molar-refractivity contribution >= 4 is 44.9 Å². The van der Waals surface area contributed by atoms with Crippen LogP contribution in [-0.2, 0) is 15.8 Å². The van der Waals surface area contributed by atoms with Crippen molar-refractivity contribution in [1.82, 2.24) is 9.97 Å². The number of hydrogen-bond donors (Lipinski definition) is 4. The standard InChI is InChI=1S/C15H19ClN4O4S2/c1-9(7-21)17-13-12(20-26(2,23)24)14(22)19-15(18-13)25-8-10-4-3-5-11(16)6-10/h3-6,9,20-21H,7-8H2,1-2H3,(H2,17,18,19,22)/t9-/m1/s1. The van der Waals surface area contributed by atoms with E-state index in [1.54, 1.807) is 19.1 Å². The molecule has 0 radical (unpaired) electrons. The highest BCUT2D eigenvalue weighted by atomic mass is 35.5. The predicted octanol–water partition coefficient (Wildman–Crippen LogP) is 2.29. The van der Waals surface area contributed by atoms with Crippen LogP contribution in [0.5, 0.6) is 5.88 Å². The first-order valence-electron chi connectivity index (χ1n) is 7.51. The maximum absolute atomic E-state index is 11.5. The largest absolute Gasteiger partial charge is 0.492 e. The molecule has 0 aliphatic rings. The molecule has 1 atom stereocenters. The van der Waals surface area contributed by atoms with E-state index >= 15 is 0 Å². The van der Waals surface area contributed by atoms with Gasteiger partial charge in [-0.15, -0.1) is 0 Å². The van der Waals surface area contributed by atoms with E-state index in [0.29, 0.717) is 10.8 Å². The zero-order valence-corrected chi connectivity index (χ0v) is 16.5. The molecule has 0 unspecified atom stereocenters. The number of aliphatic hydroxyl groups excluding tert-OH is 1. The molecule has 0 saturated carbocycles. The summed E-state index contributed by atoms with van der Waals surface area (Å²) in [7, 11) is -3.65. The molecule has 0 aliphatic heterocycles. The summed E-state index contributed by atoms with van der Waals surface area (Å²) in [5, 5.41) is 23.1. The van der Waals surface area contributed by atoms with Crippen molar-refractivity contribution in [3.63, 3.8) is 0 Å². The predicted molar refractivity (Wildman–Crippen MR) is 103 cm³/mol. The van der Waals surface area contributed by atoms with Gasteiger partial charge in [0, 0.05) is 16.8 Å². The van der Waals surface area contributed by atoms with Crippen molar-refractivity contribution in [3.8, 4) is 5.88 Å². The highest BCUT2D eigenvalue weighted by Crippen LogP contribution is 2.33. The van der Waals surface area contributed by atoms with Crippen LogP contribution in [0.1, 0.15) is 12.5 Å². The van der Waals surface area contributed by atoms with Gasteiger partial charge in [-0.3, -0.25) is 4.72 Å². The third-order valence-electron chi connectivity index (χ3n) is 3.07. The topological polar surface area (TPSA) is 124 Å². The number of nitrogens with one attached hydrogen (secondary N) is 2. The lowest BCUT2D eigenvalue weighted by atomic mass is 10.2. The molecule has 2 rings (SSSR count). The molecule has 0 aliphatic carbocycles. The minimum absolute atomic E-state index is 0.0815. The van der Waals surface area contributed by atoms with Crippen LogP contribution >= 0.6 is 23.4 Å². The maximum atomic E-state index is 11.5. The van der Waals surface area contributed by atoms with Gasteiger partial charge in [0.2, 0.25) is 15.9 Å². The Kier molecular flexibility index (Phi) is 6.93. The fourth-order valence-electron chi connectivity index (χ4n) is 1.93. The third kappa shape index (κ3) is 6.20. The van der Waals surface area contributed by atoms with E-state index < -0.39 is 21.9 Å². The van der Waals surface area contributed by atoms with Gasteiger partial charge >= 0.3 is 0 Å². The van der Waals surface area contributed by atoms with E-state index in [0.717, 1.165) is 11.8 Å². The van der Waals surface area contributed by atoms with Crippen molar-refractivity contribution in [3.05, 3.63) is 34.9 Å². The molecule has 1 heterocycles. The monoisotopic (exact) mass is 418 g/mol. The summed E-state index contributed by atoms with van der Waals surface area (Å²) in [5.74, 6) is 0.0816. The summed E-state index contributed by atoms with van der Waals surface area (Å²) >= 11 is 7.20. The Morgan fingerprint density at radius 1 is 1.35 bits per heavy atom. The van der Waals surface area contributed by atoms with Crippen molar-refractivity contribution in [1.29, 1.82) is 0 Å². The van der Waals surface area contributed by atoms with Gasteiger partial charge < -0.3 is 15.5 Å². The van der Waals surface area contributed by atoms with E-state index in [9.17, 15) is 18.6 Å². The molecule has 8 nitrogen and oxygen atoms in total. The van der Waals surface area contributed by atoms with E-state index in [2.05, 4.69) is 20.0 Å². The van der Waals surface area contributed by atoms with E-state index in [-0.39, 0.29) is 23.3 Å². The van der Waals surface area contributed by atoms with E-state index in [1.165, 1.54) is 11.8 Å². The molecular weight excluding hydrogens is 400 g/mol. The van der Waals surface area contributed by atoms with Crippen LogP contribution in [-0.4, -0.2) is 47.5 Å².